The molecule has 0 unspecified atom stereocenters. The average molecular weight is 415 g/mol. The summed E-state index contributed by atoms with van der Waals surface area (Å²) in [5.41, 5.74) is -0.474. The second-order valence-electron chi connectivity index (χ2n) is 5.86. The van der Waals surface area contributed by atoms with Gasteiger partial charge in [-0.05, 0) is 37.3 Å². The number of thioether (sulfide) groups is 1. The lowest BCUT2D eigenvalue weighted by atomic mass is 10.1. The number of benzene rings is 1. The van der Waals surface area contributed by atoms with Crippen LogP contribution in [0, 0.1) is 0 Å². The molecule has 1 aromatic carbocycles. The smallest absolute Gasteiger partial charge is 0.433 e. The first-order chi connectivity index (χ1) is 13.2. The van der Waals surface area contributed by atoms with Gasteiger partial charge in [-0.3, -0.25) is 4.79 Å². The predicted molar refractivity (Wildman–Crippen MR) is 99.2 cm³/mol. The SMILES string of the molecule is COC[C@H](C)NC(=O)CSc1nc(-c2ccc(OC)cc2)cc(C(F)(F)F)n1. The van der Waals surface area contributed by atoms with E-state index in [2.05, 4.69) is 15.3 Å². The minimum absolute atomic E-state index is 0.112. The van der Waals surface area contributed by atoms with E-state index in [1.807, 2.05) is 0 Å². The molecule has 1 amide bonds. The molecular formula is C18H20F3N3O3S. The highest BCUT2D eigenvalue weighted by molar-refractivity contribution is 7.99. The minimum Gasteiger partial charge on any atom is -0.497 e. The van der Waals surface area contributed by atoms with Gasteiger partial charge < -0.3 is 14.8 Å². The van der Waals surface area contributed by atoms with Crippen molar-refractivity contribution in [1.82, 2.24) is 15.3 Å². The van der Waals surface area contributed by atoms with Crippen LogP contribution in [-0.4, -0.2) is 48.5 Å². The highest BCUT2D eigenvalue weighted by atomic mass is 32.2. The van der Waals surface area contributed by atoms with Gasteiger partial charge in [-0.15, -0.1) is 0 Å². The summed E-state index contributed by atoms with van der Waals surface area (Å²) in [6, 6.07) is 7.14. The fourth-order valence-electron chi connectivity index (χ4n) is 2.28. The number of nitrogens with zero attached hydrogens (tertiary/aromatic N) is 2. The highest BCUT2D eigenvalue weighted by Crippen LogP contribution is 2.32. The number of alkyl halides is 3. The second kappa shape index (κ2) is 9.74. The predicted octanol–water partition coefficient (Wildman–Crippen LogP) is 3.41. The molecule has 28 heavy (non-hydrogen) atoms. The third-order valence-electron chi connectivity index (χ3n) is 3.54. The first-order valence-corrected chi connectivity index (χ1v) is 9.23. The van der Waals surface area contributed by atoms with Crippen LogP contribution in [0.3, 0.4) is 0 Å². The van der Waals surface area contributed by atoms with Crippen LogP contribution in [0.2, 0.25) is 0 Å². The van der Waals surface area contributed by atoms with Crippen LogP contribution >= 0.6 is 11.8 Å². The molecular weight excluding hydrogens is 395 g/mol. The van der Waals surface area contributed by atoms with E-state index in [9.17, 15) is 18.0 Å². The number of methoxy groups -OCH3 is 2. The number of hydrogen-bond donors (Lipinski definition) is 1. The summed E-state index contributed by atoms with van der Waals surface area (Å²) in [5.74, 6) is 0.115. The van der Waals surface area contributed by atoms with Crippen molar-refractivity contribution in [3.8, 4) is 17.0 Å². The largest absolute Gasteiger partial charge is 0.497 e. The van der Waals surface area contributed by atoms with Crippen molar-refractivity contribution in [3.63, 3.8) is 0 Å². The van der Waals surface area contributed by atoms with E-state index in [-0.39, 0.29) is 28.6 Å². The Morgan fingerprint density at radius 1 is 1.21 bits per heavy atom. The molecule has 0 fully saturated rings. The summed E-state index contributed by atoms with van der Waals surface area (Å²) >= 11 is 0.836. The number of rotatable bonds is 8. The van der Waals surface area contributed by atoms with Gasteiger partial charge in [0, 0.05) is 18.7 Å². The molecule has 2 rings (SSSR count). The molecule has 10 heteroatoms. The number of hydrogen-bond acceptors (Lipinski definition) is 6. The van der Waals surface area contributed by atoms with E-state index < -0.39 is 11.9 Å². The Hall–Kier alpha value is -2.33. The molecule has 1 N–H and O–H groups in total. The molecule has 0 radical (unpaired) electrons. The van der Waals surface area contributed by atoms with Crippen molar-refractivity contribution in [2.24, 2.45) is 0 Å². The van der Waals surface area contributed by atoms with Crippen molar-refractivity contribution in [3.05, 3.63) is 36.0 Å². The summed E-state index contributed by atoms with van der Waals surface area (Å²) in [4.78, 5) is 19.6. The maximum Gasteiger partial charge on any atom is 0.433 e. The Labute approximate surface area is 164 Å². The third kappa shape index (κ3) is 6.38. The quantitative estimate of drug-likeness (QED) is 0.526. The van der Waals surface area contributed by atoms with Crippen molar-refractivity contribution < 1.29 is 27.4 Å². The van der Waals surface area contributed by atoms with Crippen LogP contribution in [0.15, 0.2) is 35.5 Å². The van der Waals surface area contributed by atoms with E-state index in [1.54, 1.807) is 31.2 Å². The van der Waals surface area contributed by atoms with E-state index in [0.29, 0.717) is 17.9 Å². The van der Waals surface area contributed by atoms with Gasteiger partial charge in [0.05, 0.1) is 25.2 Å². The molecule has 0 aliphatic rings. The summed E-state index contributed by atoms with van der Waals surface area (Å²) in [7, 11) is 3.00. The monoisotopic (exact) mass is 415 g/mol. The van der Waals surface area contributed by atoms with Crippen LogP contribution < -0.4 is 10.1 Å². The third-order valence-corrected chi connectivity index (χ3v) is 4.39. The first-order valence-electron chi connectivity index (χ1n) is 8.24. The van der Waals surface area contributed by atoms with Crippen LogP contribution in [0.25, 0.3) is 11.3 Å². The number of nitrogens with one attached hydrogen (secondary N) is 1. The maximum atomic E-state index is 13.2. The van der Waals surface area contributed by atoms with Crippen molar-refractivity contribution in [2.45, 2.75) is 24.3 Å². The first kappa shape index (κ1) is 22.0. The Kier molecular flexibility index (Phi) is 7.64. The Morgan fingerprint density at radius 2 is 1.89 bits per heavy atom. The number of amides is 1. The molecule has 0 saturated heterocycles. The molecule has 1 atom stereocenters. The molecule has 1 heterocycles. The van der Waals surface area contributed by atoms with Crippen LogP contribution in [0.1, 0.15) is 12.6 Å². The zero-order valence-electron chi connectivity index (χ0n) is 15.5. The number of ether oxygens (including phenoxy) is 2. The van der Waals surface area contributed by atoms with Crippen molar-refractivity contribution >= 4 is 17.7 Å². The normalized spacial score (nSPS) is 12.5. The number of halogens is 3. The van der Waals surface area contributed by atoms with Gasteiger partial charge in [0.2, 0.25) is 5.91 Å². The van der Waals surface area contributed by atoms with E-state index in [0.717, 1.165) is 17.8 Å². The molecule has 0 aliphatic carbocycles. The molecule has 0 aliphatic heterocycles. The molecule has 0 spiro atoms. The maximum absolute atomic E-state index is 13.2. The van der Waals surface area contributed by atoms with Crippen LogP contribution in [-0.2, 0) is 15.7 Å². The van der Waals surface area contributed by atoms with E-state index in [4.69, 9.17) is 9.47 Å². The molecule has 0 saturated carbocycles. The lowest BCUT2D eigenvalue weighted by Crippen LogP contribution is -2.36. The topological polar surface area (TPSA) is 73.3 Å². The fourth-order valence-corrected chi connectivity index (χ4v) is 2.95. The van der Waals surface area contributed by atoms with Gasteiger partial charge >= 0.3 is 6.18 Å². The van der Waals surface area contributed by atoms with Gasteiger partial charge in [0.1, 0.15) is 11.4 Å². The molecule has 152 valence electrons. The number of carbonyl (C=O) groups is 1. The van der Waals surface area contributed by atoms with Crippen LogP contribution in [0.5, 0.6) is 5.75 Å². The van der Waals surface area contributed by atoms with Crippen molar-refractivity contribution in [2.75, 3.05) is 26.6 Å². The number of aromatic nitrogens is 2. The molecule has 2 aromatic rings. The zero-order chi connectivity index (χ0) is 20.7. The molecule has 0 bridgehead atoms. The lowest BCUT2D eigenvalue weighted by Gasteiger charge is -2.13. The Bertz CT molecular complexity index is 801. The van der Waals surface area contributed by atoms with Crippen molar-refractivity contribution in [1.29, 1.82) is 0 Å². The summed E-state index contributed by atoms with van der Waals surface area (Å²) < 4.78 is 49.6. The van der Waals surface area contributed by atoms with Gasteiger partial charge in [-0.2, -0.15) is 13.2 Å². The lowest BCUT2D eigenvalue weighted by molar-refractivity contribution is -0.141. The van der Waals surface area contributed by atoms with E-state index >= 15 is 0 Å². The van der Waals surface area contributed by atoms with Gasteiger partial charge in [-0.25, -0.2) is 9.97 Å². The average Bonchev–Trinajstić information content (AvgIpc) is 2.65. The number of carbonyl (C=O) groups excluding carboxylic acids is 1. The molecule has 6 nitrogen and oxygen atoms in total. The van der Waals surface area contributed by atoms with Gasteiger partial charge in [-0.1, -0.05) is 11.8 Å². The summed E-state index contributed by atoms with van der Waals surface area (Å²) in [6.07, 6.45) is -4.63. The highest BCUT2D eigenvalue weighted by Gasteiger charge is 2.34. The summed E-state index contributed by atoms with van der Waals surface area (Å²) in [6.45, 7) is 2.09. The van der Waals surface area contributed by atoms with Gasteiger partial charge in [0.25, 0.3) is 0 Å². The van der Waals surface area contributed by atoms with E-state index in [1.165, 1.54) is 14.2 Å². The Balaban J connectivity index is 2.22. The zero-order valence-corrected chi connectivity index (χ0v) is 16.4. The standard InChI is InChI=1S/C18H20F3N3O3S/c1-11(9-26-2)22-16(25)10-28-17-23-14(8-15(24-17)18(19,20)21)12-4-6-13(27-3)7-5-12/h4-8,11H,9-10H2,1-3H3,(H,22,25)/t11-/m0/s1. The Morgan fingerprint density at radius 3 is 2.46 bits per heavy atom. The molecule has 1 aromatic heterocycles. The fraction of sp³-hybridized carbons (Fsp3) is 0.389. The second-order valence-corrected chi connectivity index (χ2v) is 6.80. The minimum atomic E-state index is -4.63. The van der Waals surface area contributed by atoms with Crippen LogP contribution in [0.4, 0.5) is 13.2 Å². The summed E-state index contributed by atoms with van der Waals surface area (Å²) in [5, 5.41) is 2.55. The van der Waals surface area contributed by atoms with Gasteiger partial charge in [0.15, 0.2) is 5.16 Å².